The molecular weight excluding hydrogens is 332 g/mol. The van der Waals surface area contributed by atoms with Crippen molar-refractivity contribution in [3.8, 4) is 17.0 Å². The fourth-order valence-electron chi connectivity index (χ4n) is 2.36. The minimum absolute atomic E-state index is 0.214. The van der Waals surface area contributed by atoms with Crippen molar-refractivity contribution in [2.45, 2.75) is 13.5 Å². The molecule has 0 aliphatic rings. The number of nitrogens with zero attached hydrogens (tertiary/aromatic N) is 3. The predicted molar refractivity (Wildman–Crippen MR) is 98.0 cm³/mol. The van der Waals surface area contributed by atoms with Crippen LogP contribution in [-0.4, -0.2) is 27.3 Å². The highest BCUT2D eigenvalue weighted by atomic mass is 16.5. The average molecular weight is 350 g/mol. The SMILES string of the molecule is CCOc1ccc(NC(=O)Cn2ncc(-c3ccccc3)nc2=O)cc1. The van der Waals surface area contributed by atoms with Crippen LogP contribution in [0.15, 0.2) is 65.6 Å². The molecule has 0 aliphatic heterocycles. The quantitative estimate of drug-likeness (QED) is 0.737. The fraction of sp³-hybridized carbons (Fsp3) is 0.158. The Morgan fingerprint density at radius 2 is 1.85 bits per heavy atom. The van der Waals surface area contributed by atoms with E-state index in [4.69, 9.17) is 4.74 Å². The number of carbonyl (C=O) groups excluding carboxylic acids is 1. The van der Waals surface area contributed by atoms with E-state index in [2.05, 4.69) is 15.4 Å². The maximum atomic E-state index is 12.1. The number of carbonyl (C=O) groups is 1. The van der Waals surface area contributed by atoms with E-state index in [1.54, 1.807) is 24.3 Å². The molecule has 0 radical (unpaired) electrons. The van der Waals surface area contributed by atoms with E-state index in [1.165, 1.54) is 6.20 Å². The van der Waals surface area contributed by atoms with Crippen LogP contribution in [0, 0.1) is 0 Å². The third-order valence-corrected chi connectivity index (χ3v) is 3.57. The van der Waals surface area contributed by atoms with E-state index >= 15 is 0 Å². The molecule has 132 valence electrons. The largest absolute Gasteiger partial charge is 0.494 e. The van der Waals surface area contributed by atoms with Crippen LogP contribution in [0.1, 0.15) is 6.92 Å². The van der Waals surface area contributed by atoms with Crippen molar-refractivity contribution in [3.63, 3.8) is 0 Å². The van der Waals surface area contributed by atoms with Gasteiger partial charge in [0, 0.05) is 11.3 Å². The molecule has 1 amide bonds. The van der Waals surface area contributed by atoms with Gasteiger partial charge in [-0.05, 0) is 31.2 Å². The summed E-state index contributed by atoms with van der Waals surface area (Å²) in [6.45, 7) is 2.26. The molecule has 0 unspecified atom stereocenters. The van der Waals surface area contributed by atoms with Gasteiger partial charge in [-0.15, -0.1) is 0 Å². The summed E-state index contributed by atoms with van der Waals surface area (Å²) in [5.74, 6) is 0.363. The van der Waals surface area contributed by atoms with Gasteiger partial charge < -0.3 is 10.1 Å². The highest BCUT2D eigenvalue weighted by Crippen LogP contribution is 2.15. The first-order valence-corrected chi connectivity index (χ1v) is 8.18. The van der Waals surface area contributed by atoms with Crippen molar-refractivity contribution in [1.82, 2.24) is 14.8 Å². The molecule has 1 aromatic heterocycles. The monoisotopic (exact) mass is 350 g/mol. The third-order valence-electron chi connectivity index (χ3n) is 3.57. The Bertz CT molecular complexity index is 937. The zero-order valence-electron chi connectivity index (χ0n) is 14.3. The topological polar surface area (TPSA) is 86.1 Å². The summed E-state index contributed by atoms with van der Waals surface area (Å²) < 4.78 is 6.37. The molecule has 1 N–H and O–H groups in total. The van der Waals surface area contributed by atoms with Gasteiger partial charge in [-0.3, -0.25) is 4.79 Å². The fourth-order valence-corrected chi connectivity index (χ4v) is 2.36. The lowest BCUT2D eigenvalue weighted by Gasteiger charge is -2.08. The molecule has 7 heteroatoms. The number of benzene rings is 2. The maximum Gasteiger partial charge on any atom is 0.365 e. The minimum Gasteiger partial charge on any atom is -0.494 e. The molecule has 1 heterocycles. The van der Waals surface area contributed by atoms with Crippen molar-refractivity contribution in [1.29, 1.82) is 0 Å². The van der Waals surface area contributed by atoms with Crippen LogP contribution in [0.4, 0.5) is 5.69 Å². The van der Waals surface area contributed by atoms with Crippen LogP contribution in [0.5, 0.6) is 5.75 Å². The maximum absolute atomic E-state index is 12.1. The summed E-state index contributed by atoms with van der Waals surface area (Å²) in [5.41, 5.74) is 1.30. The second kappa shape index (κ2) is 8.06. The van der Waals surface area contributed by atoms with E-state index in [0.29, 0.717) is 18.0 Å². The molecule has 2 aromatic carbocycles. The lowest BCUT2D eigenvalue weighted by Crippen LogP contribution is -2.31. The second-order valence-electron chi connectivity index (χ2n) is 5.45. The highest BCUT2D eigenvalue weighted by molar-refractivity contribution is 5.90. The van der Waals surface area contributed by atoms with Crippen molar-refractivity contribution < 1.29 is 9.53 Å². The number of amides is 1. The summed E-state index contributed by atoms with van der Waals surface area (Å²) in [6.07, 6.45) is 1.47. The first-order chi connectivity index (χ1) is 12.7. The van der Waals surface area contributed by atoms with E-state index in [0.717, 1.165) is 16.0 Å². The molecule has 0 aliphatic carbocycles. The Labute approximate surface area is 150 Å². The van der Waals surface area contributed by atoms with E-state index in [1.807, 2.05) is 37.3 Å². The summed E-state index contributed by atoms with van der Waals surface area (Å²) in [6, 6.07) is 16.3. The van der Waals surface area contributed by atoms with Crippen LogP contribution >= 0.6 is 0 Å². The van der Waals surface area contributed by atoms with Crippen molar-refractivity contribution in [2.75, 3.05) is 11.9 Å². The average Bonchev–Trinajstić information content (AvgIpc) is 2.66. The zero-order valence-corrected chi connectivity index (χ0v) is 14.3. The Morgan fingerprint density at radius 1 is 1.12 bits per heavy atom. The Balaban J connectivity index is 1.66. The zero-order chi connectivity index (χ0) is 18.4. The molecular formula is C19H18N4O3. The minimum atomic E-state index is -0.576. The van der Waals surface area contributed by atoms with Gasteiger partial charge in [-0.2, -0.15) is 10.1 Å². The summed E-state index contributed by atoms with van der Waals surface area (Å²) in [7, 11) is 0. The van der Waals surface area contributed by atoms with Crippen molar-refractivity contribution in [2.24, 2.45) is 0 Å². The number of anilines is 1. The molecule has 0 atom stereocenters. The van der Waals surface area contributed by atoms with Crippen LogP contribution < -0.4 is 15.7 Å². The summed E-state index contributed by atoms with van der Waals surface area (Å²) in [5, 5.41) is 6.75. The molecule has 0 fully saturated rings. The molecule has 26 heavy (non-hydrogen) atoms. The van der Waals surface area contributed by atoms with Gasteiger partial charge in [-0.25, -0.2) is 9.48 Å². The van der Waals surface area contributed by atoms with Gasteiger partial charge in [0.15, 0.2) is 0 Å². The van der Waals surface area contributed by atoms with Crippen LogP contribution in [-0.2, 0) is 11.3 Å². The third kappa shape index (κ3) is 4.32. The van der Waals surface area contributed by atoms with Crippen LogP contribution in [0.2, 0.25) is 0 Å². The van der Waals surface area contributed by atoms with Gasteiger partial charge in [0.05, 0.1) is 18.5 Å². The molecule has 0 bridgehead atoms. The van der Waals surface area contributed by atoms with Gasteiger partial charge in [-0.1, -0.05) is 30.3 Å². The van der Waals surface area contributed by atoms with Crippen molar-refractivity contribution in [3.05, 3.63) is 71.3 Å². The first kappa shape index (κ1) is 17.3. The number of ether oxygens (including phenoxy) is 1. The lowest BCUT2D eigenvalue weighted by atomic mass is 10.2. The number of hydrogen-bond acceptors (Lipinski definition) is 5. The smallest absolute Gasteiger partial charge is 0.365 e. The summed E-state index contributed by atoms with van der Waals surface area (Å²) in [4.78, 5) is 28.2. The number of nitrogens with one attached hydrogen (secondary N) is 1. The standard InChI is InChI=1S/C19H18N4O3/c1-2-26-16-10-8-15(9-11-16)21-18(24)13-23-19(25)22-17(12-20-23)14-6-4-3-5-7-14/h3-12H,2,13H2,1H3,(H,21,24). The molecule has 0 saturated carbocycles. The first-order valence-electron chi connectivity index (χ1n) is 8.18. The Hall–Kier alpha value is -3.48. The number of aromatic nitrogens is 3. The van der Waals surface area contributed by atoms with Crippen LogP contribution in [0.25, 0.3) is 11.3 Å². The normalized spacial score (nSPS) is 10.3. The van der Waals surface area contributed by atoms with Gasteiger partial charge >= 0.3 is 5.69 Å². The van der Waals surface area contributed by atoms with Crippen molar-refractivity contribution >= 4 is 11.6 Å². The molecule has 0 saturated heterocycles. The van der Waals surface area contributed by atoms with Gasteiger partial charge in [0.1, 0.15) is 12.3 Å². The predicted octanol–water partition coefficient (Wildman–Crippen LogP) is 2.34. The number of hydrogen-bond donors (Lipinski definition) is 1. The molecule has 0 spiro atoms. The molecule has 3 rings (SSSR count). The van der Waals surface area contributed by atoms with E-state index < -0.39 is 5.69 Å². The lowest BCUT2D eigenvalue weighted by molar-refractivity contribution is -0.117. The summed E-state index contributed by atoms with van der Waals surface area (Å²) >= 11 is 0. The van der Waals surface area contributed by atoms with Gasteiger partial charge in [0.25, 0.3) is 0 Å². The second-order valence-corrected chi connectivity index (χ2v) is 5.45. The highest BCUT2D eigenvalue weighted by Gasteiger charge is 2.09. The molecule has 3 aromatic rings. The Morgan fingerprint density at radius 3 is 2.50 bits per heavy atom. The van der Waals surface area contributed by atoms with Crippen LogP contribution in [0.3, 0.4) is 0 Å². The van der Waals surface area contributed by atoms with E-state index in [9.17, 15) is 9.59 Å². The Kier molecular flexibility index (Phi) is 5.38. The molecule has 7 nitrogen and oxygen atoms in total. The van der Waals surface area contributed by atoms with E-state index in [-0.39, 0.29) is 12.5 Å². The number of rotatable bonds is 6. The van der Waals surface area contributed by atoms with Gasteiger partial charge in [0.2, 0.25) is 5.91 Å².